The van der Waals surface area contributed by atoms with Crippen LogP contribution in [0.1, 0.15) is 39.2 Å². The third-order valence-corrected chi connectivity index (χ3v) is 5.00. The fourth-order valence-corrected chi connectivity index (χ4v) is 3.43. The molecule has 1 fully saturated rings. The minimum atomic E-state index is -0.178. The molecule has 1 heterocycles. The molecule has 20 heavy (non-hydrogen) atoms. The largest absolute Gasteiger partial charge is 0.329 e. The van der Waals surface area contributed by atoms with Gasteiger partial charge in [-0.2, -0.15) is 0 Å². The SMILES string of the molecule is CC1CCCN(C(C)(CN)Cc2ccc(F)cc2)C1C. The van der Waals surface area contributed by atoms with Gasteiger partial charge in [-0.25, -0.2) is 4.39 Å². The second kappa shape index (κ2) is 6.23. The summed E-state index contributed by atoms with van der Waals surface area (Å²) in [5, 5.41) is 0. The maximum atomic E-state index is 13.0. The van der Waals surface area contributed by atoms with E-state index >= 15 is 0 Å². The Morgan fingerprint density at radius 2 is 1.95 bits per heavy atom. The molecule has 0 radical (unpaired) electrons. The molecule has 1 aromatic carbocycles. The third-order valence-electron chi connectivity index (χ3n) is 5.00. The zero-order valence-corrected chi connectivity index (χ0v) is 12.9. The summed E-state index contributed by atoms with van der Waals surface area (Å²) in [5.74, 6) is 0.533. The number of likely N-dealkylation sites (tertiary alicyclic amines) is 1. The van der Waals surface area contributed by atoms with E-state index in [1.54, 1.807) is 0 Å². The minimum absolute atomic E-state index is 0.0497. The highest BCUT2D eigenvalue weighted by molar-refractivity contribution is 5.19. The Labute approximate surface area is 122 Å². The molecule has 2 N–H and O–H groups in total. The zero-order chi connectivity index (χ0) is 14.8. The summed E-state index contributed by atoms with van der Waals surface area (Å²) >= 11 is 0. The second-order valence-electron chi connectivity index (χ2n) is 6.56. The Morgan fingerprint density at radius 3 is 2.55 bits per heavy atom. The van der Waals surface area contributed by atoms with E-state index in [-0.39, 0.29) is 11.4 Å². The normalized spacial score (nSPS) is 27.2. The molecule has 3 atom stereocenters. The molecule has 112 valence electrons. The van der Waals surface area contributed by atoms with Crippen molar-refractivity contribution in [3.05, 3.63) is 35.6 Å². The van der Waals surface area contributed by atoms with Crippen molar-refractivity contribution in [3.63, 3.8) is 0 Å². The number of nitrogens with two attached hydrogens (primary N) is 1. The van der Waals surface area contributed by atoms with Crippen LogP contribution in [-0.2, 0) is 6.42 Å². The molecule has 0 aromatic heterocycles. The molecule has 1 aliphatic heterocycles. The van der Waals surface area contributed by atoms with E-state index in [9.17, 15) is 4.39 Å². The van der Waals surface area contributed by atoms with Gasteiger partial charge in [0.05, 0.1) is 0 Å². The predicted octanol–water partition coefficient (Wildman–Crippen LogP) is 3.21. The molecule has 1 aromatic rings. The van der Waals surface area contributed by atoms with Crippen LogP contribution in [0.15, 0.2) is 24.3 Å². The van der Waals surface area contributed by atoms with Crippen LogP contribution in [0.4, 0.5) is 4.39 Å². The standard InChI is InChI=1S/C17H27FN2/c1-13-5-4-10-20(14(13)2)17(3,12-19)11-15-6-8-16(18)9-7-15/h6-9,13-14H,4-5,10-12,19H2,1-3H3. The van der Waals surface area contributed by atoms with Crippen molar-refractivity contribution in [3.8, 4) is 0 Å². The minimum Gasteiger partial charge on any atom is -0.329 e. The summed E-state index contributed by atoms with van der Waals surface area (Å²) in [6, 6.07) is 7.38. The van der Waals surface area contributed by atoms with E-state index in [1.165, 1.54) is 25.0 Å². The summed E-state index contributed by atoms with van der Waals surface area (Å²) in [6.45, 7) is 8.61. The van der Waals surface area contributed by atoms with Gasteiger partial charge in [0.25, 0.3) is 0 Å². The monoisotopic (exact) mass is 278 g/mol. The zero-order valence-electron chi connectivity index (χ0n) is 12.9. The number of rotatable bonds is 4. The van der Waals surface area contributed by atoms with Crippen molar-refractivity contribution in [2.24, 2.45) is 11.7 Å². The highest BCUT2D eigenvalue weighted by atomic mass is 19.1. The molecule has 2 rings (SSSR count). The Balaban J connectivity index is 2.17. The lowest BCUT2D eigenvalue weighted by Crippen LogP contribution is -2.59. The van der Waals surface area contributed by atoms with Crippen LogP contribution in [0.3, 0.4) is 0 Å². The lowest BCUT2D eigenvalue weighted by atomic mass is 9.83. The first-order valence-electron chi connectivity index (χ1n) is 7.67. The van der Waals surface area contributed by atoms with Crippen molar-refractivity contribution in [1.29, 1.82) is 0 Å². The molecule has 0 aliphatic carbocycles. The van der Waals surface area contributed by atoms with Gasteiger partial charge in [0.2, 0.25) is 0 Å². The topological polar surface area (TPSA) is 29.3 Å². The van der Waals surface area contributed by atoms with Crippen LogP contribution >= 0.6 is 0 Å². The molecule has 1 aliphatic rings. The smallest absolute Gasteiger partial charge is 0.123 e. The van der Waals surface area contributed by atoms with E-state index in [0.29, 0.717) is 18.5 Å². The van der Waals surface area contributed by atoms with Crippen molar-refractivity contribution < 1.29 is 4.39 Å². The number of nitrogens with zero attached hydrogens (tertiary/aromatic N) is 1. The lowest BCUT2D eigenvalue weighted by molar-refractivity contribution is 0.0147. The van der Waals surface area contributed by atoms with Gasteiger partial charge in [0.1, 0.15) is 5.82 Å². The van der Waals surface area contributed by atoms with E-state index in [0.717, 1.165) is 18.5 Å². The van der Waals surface area contributed by atoms with Gasteiger partial charge in [-0.3, -0.25) is 4.90 Å². The van der Waals surface area contributed by atoms with Gasteiger partial charge in [-0.1, -0.05) is 19.1 Å². The molecule has 0 amide bonds. The highest BCUT2D eigenvalue weighted by Gasteiger charge is 2.37. The maximum absolute atomic E-state index is 13.0. The summed E-state index contributed by atoms with van der Waals surface area (Å²) in [6.07, 6.45) is 3.42. The molecule has 3 heteroatoms. The molecule has 3 unspecified atom stereocenters. The maximum Gasteiger partial charge on any atom is 0.123 e. The summed E-state index contributed by atoms with van der Waals surface area (Å²) in [4.78, 5) is 2.56. The third kappa shape index (κ3) is 3.21. The van der Waals surface area contributed by atoms with Crippen molar-refractivity contribution in [2.75, 3.05) is 13.1 Å². The fourth-order valence-electron chi connectivity index (χ4n) is 3.43. The number of hydrogen-bond acceptors (Lipinski definition) is 2. The fraction of sp³-hybridized carbons (Fsp3) is 0.647. The molecule has 2 nitrogen and oxygen atoms in total. The number of halogens is 1. The average Bonchev–Trinajstić information content (AvgIpc) is 2.44. The Kier molecular flexibility index (Phi) is 4.82. The number of hydrogen-bond donors (Lipinski definition) is 1. The van der Waals surface area contributed by atoms with E-state index in [1.807, 2.05) is 12.1 Å². The van der Waals surface area contributed by atoms with Crippen LogP contribution in [-0.4, -0.2) is 29.6 Å². The average molecular weight is 278 g/mol. The van der Waals surface area contributed by atoms with Crippen LogP contribution < -0.4 is 5.73 Å². The summed E-state index contributed by atoms with van der Waals surface area (Å²) in [5.41, 5.74) is 7.22. The molecule has 0 spiro atoms. The Morgan fingerprint density at radius 1 is 1.30 bits per heavy atom. The number of piperidine rings is 1. The van der Waals surface area contributed by atoms with Gasteiger partial charge >= 0.3 is 0 Å². The molecule has 0 bridgehead atoms. The number of benzene rings is 1. The molecular weight excluding hydrogens is 251 g/mol. The van der Waals surface area contributed by atoms with E-state index in [2.05, 4.69) is 25.7 Å². The molecular formula is C17H27FN2. The van der Waals surface area contributed by atoms with Gasteiger partial charge < -0.3 is 5.73 Å². The molecule has 1 saturated heterocycles. The predicted molar refractivity (Wildman–Crippen MR) is 82.1 cm³/mol. The second-order valence-corrected chi connectivity index (χ2v) is 6.56. The summed E-state index contributed by atoms with van der Waals surface area (Å²) in [7, 11) is 0. The van der Waals surface area contributed by atoms with Gasteiger partial charge in [0, 0.05) is 18.1 Å². The van der Waals surface area contributed by atoms with E-state index < -0.39 is 0 Å². The Bertz CT molecular complexity index is 431. The first kappa shape index (κ1) is 15.5. The highest BCUT2D eigenvalue weighted by Crippen LogP contribution is 2.31. The molecule has 0 saturated carbocycles. The first-order valence-corrected chi connectivity index (χ1v) is 7.67. The lowest BCUT2D eigenvalue weighted by Gasteiger charge is -2.49. The van der Waals surface area contributed by atoms with Gasteiger partial charge in [0.15, 0.2) is 0 Å². The van der Waals surface area contributed by atoms with E-state index in [4.69, 9.17) is 5.73 Å². The summed E-state index contributed by atoms with van der Waals surface area (Å²) < 4.78 is 13.0. The van der Waals surface area contributed by atoms with Gasteiger partial charge in [-0.05, 0) is 63.3 Å². The van der Waals surface area contributed by atoms with Crippen molar-refractivity contribution in [2.45, 2.75) is 51.6 Å². The van der Waals surface area contributed by atoms with Crippen LogP contribution in [0, 0.1) is 11.7 Å². The first-order chi connectivity index (χ1) is 9.46. The van der Waals surface area contributed by atoms with Crippen molar-refractivity contribution >= 4 is 0 Å². The van der Waals surface area contributed by atoms with Crippen LogP contribution in [0.25, 0.3) is 0 Å². The van der Waals surface area contributed by atoms with Crippen LogP contribution in [0.5, 0.6) is 0 Å². The van der Waals surface area contributed by atoms with Gasteiger partial charge in [-0.15, -0.1) is 0 Å². The Hall–Kier alpha value is -0.930. The van der Waals surface area contributed by atoms with Crippen LogP contribution in [0.2, 0.25) is 0 Å². The quantitative estimate of drug-likeness (QED) is 0.916. The van der Waals surface area contributed by atoms with Crippen molar-refractivity contribution in [1.82, 2.24) is 4.90 Å².